The molecule has 1 aromatic carbocycles. The van der Waals surface area contributed by atoms with E-state index in [1.165, 1.54) is 4.88 Å². The summed E-state index contributed by atoms with van der Waals surface area (Å²) >= 11 is 1.66. The van der Waals surface area contributed by atoms with Gasteiger partial charge in [0.2, 0.25) is 0 Å². The Labute approximate surface area is 149 Å². The van der Waals surface area contributed by atoms with E-state index in [2.05, 4.69) is 25.1 Å². The lowest BCUT2D eigenvalue weighted by molar-refractivity contribution is 0.297. The van der Waals surface area contributed by atoms with Crippen LogP contribution in [0.3, 0.4) is 0 Å². The van der Waals surface area contributed by atoms with Crippen LogP contribution in [0.25, 0.3) is 11.4 Å². The summed E-state index contributed by atoms with van der Waals surface area (Å²) in [7, 11) is 0. The molecule has 1 aliphatic rings. The molecular weight excluding hydrogens is 337 g/mol. The molecule has 25 heavy (non-hydrogen) atoms. The molecule has 0 bridgehead atoms. The second kappa shape index (κ2) is 7.01. The summed E-state index contributed by atoms with van der Waals surface area (Å²) in [5, 5.41) is 7.37. The first-order chi connectivity index (χ1) is 12.2. The van der Waals surface area contributed by atoms with E-state index in [1.54, 1.807) is 11.3 Å². The monoisotopic (exact) mass is 357 g/mol. The number of likely N-dealkylation sites (tertiary alicyclic amines) is 1. The molecule has 0 spiro atoms. The maximum Gasteiger partial charge on any atom is 0.181 e. The lowest BCUT2D eigenvalue weighted by Crippen LogP contribution is -2.20. The molecule has 1 saturated heterocycles. The van der Waals surface area contributed by atoms with Crippen molar-refractivity contribution in [2.75, 3.05) is 19.8 Å². The smallest absolute Gasteiger partial charge is 0.181 e. The number of H-pyrrole nitrogens is 1. The zero-order valence-corrected chi connectivity index (χ0v) is 14.8. The first-order valence-electron chi connectivity index (χ1n) is 8.39. The summed E-state index contributed by atoms with van der Waals surface area (Å²) < 4.78 is 13.6. The summed E-state index contributed by atoms with van der Waals surface area (Å²) in [6.45, 7) is 4.03. The topological polar surface area (TPSA) is 57.7 Å². The molecule has 3 aromatic rings. The van der Waals surface area contributed by atoms with Crippen molar-refractivity contribution in [3.63, 3.8) is 0 Å². The Balaban J connectivity index is 1.51. The largest absolute Gasteiger partial charge is 0.297 e. The number of halogens is 1. The van der Waals surface area contributed by atoms with Gasteiger partial charge in [0.25, 0.3) is 0 Å². The molecular formula is C18H20FN5S. The van der Waals surface area contributed by atoms with Gasteiger partial charge in [-0.3, -0.25) is 14.4 Å². The molecule has 0 aliphatic carbocycles. The highest BCUT2D eigenvalue weighted by Crippen LogP contribution is 2.33. The van der Waals surface area contributed by atoms with Crippen LogP contribution in [-0.2, 0) is 6.54 Å². The molecule has 4 rings (SSSR count). The SMILES string of the molecule is Cc1ncsc1CN1C[C@@H](CF)[C@H](c2nc(-c3ccccc3)n[nH]2)C1. The zero-order chi connectivity index (χ0) is 17.2. The standard InChI is InChI=1S/C18H20FN5S/c1-12-16(25-11-20-12)10-24-8-14(7-19)15(9-24)18-21-17(22-23-18)13-5-3-2-4-6-13/h2-6,11,14-15H,7-10H2,1H3,(H,21,22,23)/t14-,15-/m1/s1. The van der Waals surface area contributed by atoms with E-state index < -0.39 is 0 Å². The molecule has 0 radical (unpaired) electrons. The Morgan fingerprint density at radius 2 is 2.12 bits per heavy atom. The van der Waals surface area contributed by atoms with Crippen molar-refractivity contribution in [2.45, 2.75) is 19.4 Å². The van der Waals surface area contributed by atoms with Crippen molar-refractivity contribution in [3.8, 4) is 11.4 Å². The third-order valence-electron chi connectivity index (χ3n) is 4.81. The Morgan fingerprint density at radius 3 is 2.84 bits per heavy atom. The van der Waals surface area contributed by atoms with E-state index in [-0.39, 0.29) is 18.5 Å². The van der Waals surface area contributed by atoms with E-state index in [1.807, 2.05) is 42.8 Å². The summed E-state index contributed by atoms with van der Waals surface area (Å²) in [6.07, 6.45) is 0. The number of nitrogens with one attached hydrogen (secondary N) is 1. The van der Waals surface area contributed by atoms with Crippen LogP contribution in [0.1, 0.15) is 22.3 Å². The molecule has 1 fully saturated rings. The summed E-state index contributed by atoms with van der Waals surface area (Å²) in [6, 6.07) is 9.85. The maximum atomic E-state index is 13.6. The number of aromatic amines is 1. The van der Waals surface area contributed by atoms with E-state index in [0.29, 0.717) is 5.82 Å². The van der Waals surface area contributed by atoms with Crippen LogP contribution >= 0.6 is 11.3 Å². The maximum absolute atomic E-state index is 13.6. The first kappa shape index (κ1) is 16.4. The van der Waals surface area contributed by atoms with Crippen LogP contribution in [0.2, 0.25) is 0 Å². The number of aromatic nitrogens is 4. The van der Waals surface area contributed by atoms with Crippen molar-refractivity contribution in [1.82, 2.24) is 25.1 Å². The number of nitrogens with zero attached hydrogens (tertiary/aromatic N) is 4. The lowest BCUT2D eigenvalue weighted by atomic mass is 9.97. The second-order valence-corrected chi connectivity index (χ2v) is 7.43. The van der Waals surface area contributed by atoms with Crippen LogP contribution in [0, 0.1) is 12.8 Å². The fourth-order valence-corrected chi connectivity index (χ4v) is 4.21. The van der Waals surface area contributed by atoms with Crippen LogP contribution in [0.15, 0.2) is 35.8 Å². The van der Waals surface area contributed by atoms with Crippen molar-refractivity contribution >= 4 is 11.3 Å². The second-order valence-electron chi connectivity index (χ2n) is 6.49. The molecule has 3 heterocycles. The first-order valence-corrected chi connectivity index (χ1v) is 9.27. The molecule has 2 aromatic heterocycles. The number of alkyl halides is 1. The Bertz CT molecular complexity index is 831. The third-order valence-corrected chi connectivity index (χ3v) is 5.73. The van der Waals surface area contributed by atoms with E-state index in [0.717, 1.165) is 36.7 Å². The highest BCUT2D eigenvalue weighted by atomic mass is 32.1. The van der Waals surface area contributed by atoms with Crippen LogP contribution in [0.4, 0.5) is 4.39 Å². The number of hydrogen-bond donors (Lipinski definition) is 1. The zero-order valence-electron chi connectivity index (χ0n) is 14.0. The summed E-state index contributed by atoms with van der Waals surface area (Å²) in [5.74, 6) is 1.45. The summed E-state index contributed by atoms with van der Waals surface area (Å²) in [5.41, 5.74) is 3.90. The molecule has 0 unspecified atom stereocenters. The molecule has 7 heteroatoms. The van der Waals surface area contributed by atoms with Crippen LogP contribution < -0.4 is 0 Å². The predicted molar refractivity (Wildman–Crippen MR) is 96.2 cm³/mol. The van der Waals surface area contributed by atoms with Crippen LogP contribution in [-0.4, -0.2) is 44.8 Å². The van der Waals surface area contributed by atoms with Gasteiger partial charge >= 0.3 is 0 Å². The average Bonchev–Trinajstić information content (AvgIpc) is 3.36. The Kier molecular flexibility index (Phi) is 4.59. The van der Waals surface area contributed by atoms with E-state index in [4.69, 9.17) is 0 Å². The number of thiazole rings is 1. The van der Waals surface area contributed by atoms with Crippen molar-refractivity contribution in [2.24, 2.45) is 5.92 Å². The minimum atomic E-state index is -0.343. The number of hydrogen-bond acceptors (Lipinski definition) is 5. The highest BCUT2D eigenvalue weighted by molar-refractivity contribution is 7.09. The number of aryl methyl sites for hydroxylation is 1. The van der Waals surface area contributed by atoms with Gasteiger partial charge in [0.05, 0.1) is 17.9 Å². The molecule has 130 valence electrons. The normalized spacial score (nSPS) is 21.0. The van der Waals surface area contributed by atoms with Gasteiger partial charge in [0, 0.05) is 41.9 Å². The predicted octanol–water partition coefficient (Wildman–Crippen LogP) is 3.42. The molecule has 0 saturated carbocycles. The third kappa shape index (κ3) is 3.34. The molecule has 0 amide bonds. The van der Waals surface area contributed by atoms with Crippen molar-refractivity contribution in [1.29, 1.82) is 0 Å². The Morgan fingerprint density at radius 1 is 1.28 bits per heavy atom. The van der Waals surface area contributed by atoms with Gasteiger partial charge < -0.3 is 0 Å². The fourth-order valence-electron chi connectivity index (χ4n) is 3.39. The van der Waals surface area contributed by atoms with Crippen molar-refractivity contribution < 1.29 is 4.39 Å². The van der Waals surface area contributed by atoms with Crippen molar-refractivity contribution in [3.05, 3.63) is 52.2 Å². The molecule has 1 N–H and O–H groups in total. The summed E-state index contributed by atoms with van der Waals surface area (Å²) in [4.78, 5) is 12.5. The molecule has 2 atom stereocenters. The molecule has 1 aliphatic heterocycles. The molecule has 5 nitrogen and oxygen atoms in total. The minimum Gasteiger partial charge on any atom is -0.297 e. The van der Waals surface area contributed by atoms with Gasteiger partial charge in [-0.15, -0.1) is 11.3 Å². The highest BCUT2D eigenvalue weighted by Gasteiger charge is 2.36. The van der Waals surface area contributed by atoms with Gasteiger partial charge in [-0.1, -0.05) is 30.3 Å². The van der Waals surface area contributed by atoms with Gasteiger partial charge in [-0.25, -0.2) is 9.97 Å². The number of benzene rings is 1. The van der Waals surface area contributed by atoms with Gasteiger partial charge in [-0.2, -0.15) is 5.10 Å². The van der Waals surface area contributed by atoms with Gasteiger partial charge in [0.15, 0.2) is 5.82 Å². The number of rotatable bonds is 5. The van der Waals surface area contributed by atoms with Crippen LogP contribution in [0.5, 0.6) is 0 Å². The van der Waals surface area contributed by atoms with Gasteiger partial charge in [-0.05, 0) is 6.92 Å². The minimum absolute atomic E-state index is 0.0446. The Hall–Kier alpha value is -2.12. The average molecular weight is 357 g/mol. The van der Waals surface area contributed by atoms with E-state index in [9.17, 15) is 4.39 Å². The quantitative estimate of drug-likeness (QED) is 0.760. The van der Waals surface area contributed by atoms with Gasteiger partial charge in [0.1, 0.15) is 5.82 Å². The van der Waals surface area contributed by atoms with E-state index >= 15 is 0 Å². The fraction of sp³-hybridized carbons (Fsp3) is 0.389. The lowest BCUT2D eigenvalue weighted by Gasteiger charge is -2.14.